The standard InChI is InChI=1S/C7H10N4O2.ClH/c1-3-4(2)6(9-8)11-10-5(3)7(12)13;/h8H2,1-2H3,(H,9,11)(H,12,13);1H. The molecule has 0 saturated heterocycles. The number of aromatic carboxylic acids is 1. The first kappa shape index (κ1) is 12.6. The molecule has 0 aliphatic carbocycles. The first-order chi connectivity index (χ1) is 6.07. The molecule has 0 fully saturated rings. The average Bonchev–Trinajstić information content (AvgIpc) is 2.09. The van der Waals surface area contributed by atoms with E-state index in [1.54, 1.807) is 13.8 Å². The fourth-order valence-corrected chi connectivity index (χ4v) is 0.945. The normalized spacial score (nSPS) is 9.07. The molecule has 6 nitrogen and oxygen atoms in total. The van der Waals surface area contributed by atoms with Crippen LogP contribution in [0.1, 0.15) is 21.6 Å². The number of nitrogens with one attached hydrogen (secondary N) is 1. The van der Waals surface area contributed by atoms with Crippen LogP contribution in [0.5, 0.6) is 0 Å². The molecule has 1 aromatic rings. The van der Waals surface area contributed by atoms with E-state index in [9.17, 15) is 4.79 Å². The number of hydrogen-bond acceptors (Lipinski definition) is 5. The summed E-state index contributed by atoms with van der Waals surface area (Å²) in [5, 5.41) is 15.8. The zero-order chi connectivity index (χ0) is 10.0. The second-order valence-corrected chi connectivity index (χ2v) is 2.60. The van der Waals surface area contributed by atoms with Gasteiger partial charge in [0.05, 0.1) is 0 Å². The number of anilines is 1. The summed E-state index contributed by atoms with van der Waals surface area (Å²) in [5.41, 5.74) is 3.55. The molecule has 0 amide bonds. The van der Waals surface area contributed by atoms with Crippen molar-refractivity contribution in [2.75, 3.05) is 5.43 Å². The van der Waals surface area contributed by atoms with Gasteiger partial charge in [0.25, 0.3) is 0 Å². The molecular weight excluding hydrogens is 208 g/mol. The van der Waals surface area contributed by atoms with E-state index in [0.29, 0.717) is 16.9 Å². The van der Waals surface area contributed by atoms with Crippen molar-refractivity contribution in [2.24, 2.45) is 5.84 Å². The molecular formula is C7H11ClN4O2. The highest BCUT2D eigenvalue weighted by Crippen LogP contribution is 2.15. The molecule has 1 heterocycles. The summed E-state index contributed by atoms with van der Waals surface area (Å²) in [6.07, 6.45) is 0. The Labute approximate surface area is 86.9 Å². The fraction of sp³-hybridized carbons (Fsp3) is 0.286. The van der Waals surface area contributed by atoms with E-state index in [4.69, 9.17) is 10.9 Å². The molecule has 0 bridgehead atoms. The lowest BCUT2D eigenvalue weighted by molar-refractivity contribution is 0.0688. The van der Waals surface area contributed by atoms with Gasteiger partial charge in [-0.3, -0.25) is 0 Å². The number of halogens is 1. The molecule has 1 rings (SSSR count). The van der Waals surface area contributed by atoms with Crippen LogP contribution in [0.25, 0.3) is 0 Å². The van der Waals surface area contributed by atoms with Crippen LogP contribution >= 0.6 is 12.4 Å². The predicted molar refractivity (Wildman–Crippen MR) is 53.5 cm³/mol. The van der Waals surface area contributed by atoms with Gasteiger partial charge >= 0.3 is 5.97 Å². The van der Waals surface area contributed by atoms with Crippen molar-refractivity contribution in [1.82, 2.24) is 10.2 Å². The topological polar surface area (TPSA) is 101 Å². The Hall–Kier alpha value is -1.40. The van der Waals surface area contributed by atoms with Crippen LogP contribution in [0.2, 0.25) is 0 Å². The summed E-state index contributed by atoms with van der Waals surface area (Å²) >= 11 is 0. The van der Waals surface area contributed by atoms with E-state index < -0.39 is 5.97 Å². The number of carboxylic acid groups (broad SMARTS) is 1. The number of aromatic nitrogens is 2. The van der Waals surface area contributed by atoms with Crippen molar-refractivity contribution in [2.45, 2.75) is 13.8 Å². The van der Waals surface area contributed by atoms with Gasteiger partial charge in [0.2, 0.25) is 0 Å². The zero-order valence-corrected chi connectivity index (χ0v) is 8.55. The minimum absolute atomic E-state index is 0. The average molecular weight is 219 g/mol. The second-order valence-electron chi connectivity index (χ2n) is 2.60. The largest absolute Gasteiger partial charge is 0.476 e. The van der Waals surface area contributed by atoms with Gasteiger partial charge in [-0.2, -0.15) is 0 Å². The molecule has 0 spiro atoms. The van der Waals surface area contributed by atoms with Gasteiger partial charge in [-0.15, -0.1) is 22.6 Å². The minimum atomic E-state index is -1.09. The van der Waals surface area contributed by atoms with Crippen molar-refractivity contribution in [1.29, 1.82) is 0 Å². The smallest absolute Gasteiger partial charge is 0.356 e. The lowest BCUT2D eigenvalue weighted by Gasteiger charge is -2.06. The van der Waals surface area contributed by atoms with Crippen LogP contribution < -0.4 is 11.3 Å². The first-order valence-corrected chi connectivity index (χ1v) is 3.61. The Bertz CT molecular complexity index is 356. The molecule has 14 heavy (non-hydrogen) atoms. The number of rotatable bonds is 2. The van der Waals surface area contributed by atoms with Crippen molar-refractivity contribution in [3.05, 3.63) is 16.8 Å². The fourth-order valence-electron chi connectivity index (χ4n) is 0.945. The molecule has 0 saturated carbocycles. The Morgan fingerprint density at radius 1 is 1.36 bits per heavy atom. The highest BCUT2D eigenvalue weighted by molar-refractivity contribution is 5.87. The summed E-state index contributed by atoms with van der Waals surface area (Å²) in [6.45, 7) is 3.39. The zero-order valence-electron chi connectivity index (χ0n) is 7.74. The maximum atomic E-state index is 10.6. The lowest BCUT2D eigenvalue weighted by Crippen LogP contribution is -2.15. The van der Waals surface area contributed by atoms with Crippen LogP contribution in [0.3, 0.4) is 0 Å². The van der Waals surface area contributed by atoms with Gasteiger partial charge in [0.1, 0.15) is 0 Å². The molecule has 0 aliphatic rings. The lowest BCUT2D eigenvalue weighted by atomic mass is 10.1. The molecule has 0 atom stereocenters. The highest BCUT2D eigenvalue weighted by atomic mass is 35.5. The van der Waals surface area contributed by atoms with Gasteiger partial charge in [-0.05, 0) is 25.0 Å². The number of nitrogens with two attached hydrogens (primary N) is 1. The Kier molecular flexibility index (Phi) is 4.26. The molecule has 4 N–H and O–H groups in total. The number of hydrogen-bond donors (Lipinski definition) is 3. The van der Waals surface area contributed by atoms with Crippen molar-refractivity contribution < 1.29 is 9.90 Å². The van der Waals surface area contributed by atoms with Gasteiger partial charge < -0.3 is 10.5 Å². The minimum Gasteiger partial charge on any atom is -0.476 e. The van der Waals surface area contributed by atoms with Gasteiger partial charge in [-0.25, -0.2) is 10.6 Å². The van der Waals surface area contributed by atoms with Crippen molar-refractivity contribution >= 4 is 24.2 Å². The summed E-state index contributed by atoms with van der Waals surface area (Å²) in [5.74, 6) is 4.45. The molecule has 0 aliphatic heterocycles. The van der Waals surface area contributed by atoms with Gasteiger partial charge in [0.15, 0.2) is 11.5 Å². The first-order valence-electron chi connectivity index (χ1n) is 3.61. The van der Waals surface area contributed by atoms with Crippen molar-refractivity contribution in [3.63, 3.8) is 0 Å². The molecule has 7 heteroatoms. The van der Waals surface area contributed by atoms with E-state index in [2.05, 4.69) is 15.6 Å². The summed E-state index contributed by atoms with van der Waals surface area (Å²) < 4.78 is 0. The van der Waals surface area contributed by atoms with Gasteiger partial charge in [0, 0.05) is 0 Å². The van der Waals surface area contributed by atoms with Crippen LogP contribution in [-0.4, -0.2) is 21.3 Å². The molecule has 78 valence electrons. The maximum Gasteiger partial charge on any atom is 0.356 e. The third-order valence-electron chi connectivity index (χ3n) is 1.86. The van der Waals surface area contributed by atoms with Crippen LogP contribution in [0, 0.1) is 13.8 Å². The Balaban J connectivity index is 0.00000169. The quantitative estimate of drug-likeness (QED) is 0.494. The van der Waals surface area contributed by atoms with E-state index in [1.807, 2.05) is 0 Å². The summed E-state index contributed by atoms with van der Waals surface area (Å²) in [7, 11) is 0. The van der Waals surface area contributed by atoms with E-state index >= 15 is 0 Å². The SMILES string of the molecule is Cc1c(NN)nnc(C(=O)O)c1C.Cl. The molecule has 0 aromatic carbocycles. The maximum absolute atomic E-state index is 10.6. The molecule has 0 unspecified atom stereocenters. The molecule has 0 radical (unpaired) electrons. The van der Waals surface area contributed by atoms with Crippen LogP contribution in [0.15, 0.2) is 0 Å². The third kappa shape index (κ3) is 2.09. The summed E-state index contributed by atoms with van der Waals surface area (Å²) in [6, 6.07) is 0. The Morgan fingerprint density at radius 2 is 1.93 bits per heavy atom. The Morgan fingerprint density at radius 3 is 2.36 bits per heavy atom. The van der Waals surface area contributed by atoms with E-state index in [0.717, 1.165) is 0 Å². The number of carboxylic acids is 1. The van der Waals surface area contributed by atoms with E-state index in [1.165, 1.54) is 0 Å². The van der Waals surface area contributed by atoms with Crippen molar-refractivity contribution in [3.8, 4) is 0 Å². The summed E-state index contributed by atoms with van der Waals surface area (Å²) in [4.78, 5) is 10.6. The second kappa shape index (κ2) is 4.73. The molecule has 1 aromatic heterocycles. The number of nitrogen functional groups attached to an aromatic ring is 1. The highest BCUT2D eigenvalue weighted by Gasteiger charge is 2.13. The van der Waals surface area contributed by atoms with Gasteiger partial charge in [-0.1, -0.05) is 0 Å². The number of nitrogens with zero attached hydrogens (tertiary/aromatic N) is 2. The third-order valence-corrected chi connectivity index (χ3v) is 1.86. The van der Waals surface area contributed by atoms with Crippen LogP contribution in [-0.2, 0) is 0 Å². The number of hydrazine groups is 1. The monoisotopic (exact) mass is 218 g/mol. The van der Waals surface area contributed by atoms with Crippen LogP contribution in [0.4, 0.5) is 5.82 Å². The van der Waals surface area contributed by atoms with E-state index in [-0.39, 0.29) is 18.1 Å². The predicted octanol–water partition coefficient (Wildman–Crippen LogP) is 0.499. The number of carbonyl (C=O) groups is 1.